The summed E-state index contributed by atoms with van der Waals surface area (Å²) in [6.45, 7) is 10.7. The third-order valence-electron chi connectivity index (χ3n) is 2.38. The fourth-order valence-corrected chi connectivity index (χ4v) is 2.45. The Kier molecular flexibility index (Phi) is 4.32. The SMILES string of the molecule is CC(C)(C)CC(C)(C)Nc1ncnc(Cl)c1C=O. The second kappa shape index (κ2) is 5.22. The molecule has 100 valence electrons. The van der Waals surface area contributed by atoms with E-state index in [2.05, 4.69) is 49.9 Å². The van der Waals surface area contributed by atoms with E-state index in [9.17, 15) is 4.79 Å². The fraction of sp³-hybridized carbons (Fsp3) is 0.615. The first-order valence-corrected chi connectivity index (χ1v) is 6.26. The summed E-state index contributed by atoms with van der Waals surface area (Å²) in [5, 5.41) is 3.44. The standard InChI is InChI=1S/C13H20ClN3O/c1-12(2,3)7-13(4,5)17-11-9(6-18)10(14)15-8-16-11/h6,8H,7H2,1-5H3,(H,15,16,17). The Morgan fingerprint density at radius 2 is 1.89 bits per heavy atom. The van der Waals surface area contributed by atoms with Crippen LogP contribution in [-0.2, 0) is 0 Å². The lowest BCUT2D eigenvalue weighted by Gasteiger charge is -2.34. The molecule has 0 atom stereocenters. The van der Waals surface area contributed by atoms with Crippen LogP contribution in [0.15, 0.2) is 6.33 Å². The molecular formula is C13H20ClN3O. The molecule has 4 nitrogen and oxygen atoms in total. The number of anilines is 1. The minimum Gasteiger partial charge on any atom is -0.364 e. The summed E-state index contributed by atoms with van der Waals surface area (Å²) in [5.41, 5.74) is 0.295. The summed E-state index contributed by atoms with van der Waals surface area (Å²) >= 11 is 5.87. The lowest BCUT2D eigenvalue weighted by Crippen LogP contribution is -2.36. The number of aromatic nitrogens is 2. The molecule has 0 saturated heterocycles. The van der Waals surface area contributed by atoms with Crippen LogP contribution in [0.3, 0.4) is 0 Å². The van der Waals surface area contributed by atoms with Crippen molar-refractivity contribution in [1.82, 2.24) is 9.97 Å². The molecule has 1 aromatic heterocycles. The molecule has 0 spiro atoms. The van der Waals surface area contributed by atoms with Crippen LogP contribution in [0.2, 0.25) is 5.15 Å². The van der Waals surface area contributed by atoms with Crippen LogP contribution in [0.25, 0.3) is 0 Å². The first-order chi connectivity index (χ1) is 8.14. The van der Waals surface area contributed by atoms with Gasteiger partial charge in [0.05, 0.1) is 5.56 Å². The monoisotopic (exact) mass is 269 g/mol. The second-order valence-electron chi connectivity index (χ2n) is 6.29. The van der Waals surface area contributed by atoms with Crippen LogP contribution in [0, 0.1) is 5.41 Å². The highest BCUT2D eigenvalue weighted by molar-refractivity contribution is 6.32. The van der Waals surface area contributed by atoms with Gasteiger partial charge in [0.2, 0.25) is 0 Å². The summed E-state index contributed by atoms with van der Waals surface area (Å²) in [6.07, 6.45) is 2.96. The van der Waals surface area contributed by atoms with Crippen LogP contribution < -0.4 is 5.32 Å². The second-order valence-corrected chi connectivity index (χ2v) is 6.65. The topological polar surface area (TPSA) is 54.9 Å². The molecule has 1 N–H and O–H groups in total. The highest BCUT2D eigenvalue weighted by atomic mass is 35.5. The van der Waals surface area contributed by atoms with Crippen LogP contribution in [0.4, 0.5) is 5.82 Å². The molecule has 18 heavy (non-hydrogen) atoms. The lowest BCUT2D eigenvalue weighted by molar-refractivity contribution is 0.112. The van der Waals surface area contributed by atoms with E-state index in [1.807, 2.05) is 0 Å². The normalized spacial score (nSPS) is 12.3. The number of hydrogen-bond donors (Lipinski definition) is 1. The number of aldehydes is 1. The van der Waals surface area contributed by atoms with Crippen molar-refractivity contribution in [1.29, 1.82) is 0 Å². The third-order valence-corrected chi connectivity index (χ3v) is 2.68. The molecular weight excluding hydrogens is 250 g/mol. The summed E-state index contributed by atoms with van der Waals surface area (Å²) < 4.78 is 0. The molecule has 0 fully saturated rings. The maximum Gasteiger partial charge on any atom is 0.156 e. The van der Waals surface area contributed by atoms with E-state index in [4.69, 9.17) is 11.6 Å². The van der Waals surface area contributed by atoms with Gasteiger partial charge >= 0.3 is 0 Å². The molecule has 5 heteroatoms. The molecule has 0 amide bonds. The van der Waals surface area contributed by atoms with Crippen molar-refractivity contribution in [3.8, 4) is 0 Å². The number of hydrogen-bond acceptors (Lipinski definition) is 4. The molecule has 1 heterocycles. The average Bonchev–Trinajstić information content (AvgIpc) is 2.13. The quantitative estimate of drug-likeness (QED) is 0.671. The maximum atomic E-state index is 11.0. The van der Waals surface area contributed by atoms with Gasteiger partial charge in [-0.2, -0.15) is 0 Å². The van der Waals surface area contributed by atoms with E-state index in [1.165, 1.54) is 6.33 Å². The number of carbonyl (C=O) groups is 1. The van der Waals surface area contributed by atoms with Crippen LogP contribution in [-0.4, -0.2) is 21.8 Å². The van der Waals surface area contributed by atoms with Gasteiger partial charge in [0.25, 0.3) is 0 Å². The van der Waals surface area contributed by atoms with Gasteiger partial charge in [0.15, 0.2) is 6.29 Å². The summed E-state index contributed by atoms with van der Waals surface area (Å²) in [5.74, 6) is 0.485. The zero-order valence-corrected chi connectivity index (χ0v) is 12.3. The van der Waals surface area contributed by atoms with Crippen molar-refractivity contribution in [2.45, 2.75) is 46.6 Å². The first kappa shape index (κ1) is 14.9. The molecule has 0 aliphatic carbocycles. The number of rotatable bonds is 4. The summed E-state index contributed by atoms with van der Waals surface area (Å²) in [4.78, 5) is 18.9. The Hall–Kier alpha value is -1.16. The minimum atomic E-state index is -0.187. The largest absolute Gasteiger partial charge is 0.364 e. The fourth-order valence-electron chi connectivity index (χ4n) is 2.27. The first-order valence-electron chi connectivity index (χ1n) is 5.88. The van der Waals surface area contributed by atoms with Crippen molar-refractivity contribution >= 4 is 23.7 Å². The van der Waals surface area contributed by atoms with Crippen LogP contribution in [0.5, 0.6) is 0 Å². The Balaban J connectivity index is 2.97. The molecule has 1 aromatic rings. The number of nitrogens with one attached hydrogen (secondary N) is 1. The third kappa shape index (κ3) is 4.26. The number of carbonyl (C=O) groups excluding carboxylic acids is 1. The van der Waals surface area contributed by atoms with E-state index in [0.717, 1.165) is 6.42 Å². The zero-order chi connectivity index (χ0) is 14.0. The predicted octanol–water partition coefficient (Wildman–Crippen LogP) is 3.57. The van der Waals surface area contributed by atoms with Crippen molar-refractivity contribution in [3.05, 3.63) is 17.0 Å². The summed E-state index contributed by atoms with van der Waals surface area (Å²) in [7, 11) is 0. The molecule has 0 aliphatic rings. The highest BCUT2D eigenvalue weighted by Crippen LogP contribution is 2.30. The molecule has 0 aromatic carbocycles. The van der Waals surface area contributed by atoms with E-state index in [-0.39, 0.29) is 16.1 Å². The van der Waals surface area contributed by atoms with E-state index >= 15 is 0 Å². The van der Waals surface area contributed by atoms with Gasteiger partial charge in [0, 0.05) is 5.54 Å². The van der Waals surface area contributed by atoms with Crippen molar-refractivity contribution < 1.29 is 4.79 Å². The van der Waals surface area contributed by atoms with Crippen LogP contribution in [0.1, 0.15) is 51.4 Å². The molecule has 0 unspecified atom stereocenters. The highest BCUT2D eigenvalue weighted by Gasteiger charge is 2.26. The van der Waals surface area contributed by atoms with E-state index < -0.39 is 0 Å². The number of nitrogens with zero attached hydrogens (tertiary/aromatic N) is 2. The zero-order valence-electron chi connectivity index (χ0n) is 11.5. The summed E-state index contributed by atoms with van der Waals surface area (Å²) in [6, 6.07) is 0. The Bertz CT molecular complexity index is 438. The molecule has 0 aliphatic heterocycles. The Morgan fingerprint density at radius 3 is 2.39 bits per heavy atom. The van der Waals surface area contributed by atoms with E-state index in [0.29, 0.717) is 17.7 Å². The maximum absolute atomic E-state index is 11.0. The van der Waals surface area contributed by atoms with Gasteiger partial charge in [-0.3, -0.25) is 4.79 Å². The Morgan fingerprint density at radius 1 is 1.28 bits per heavy atom. The van der Waals surface area contributed by atoms with Crippen molar-refractivity contribution in [2.75, 3.05) is 5.32 Å². The average molecular weight is 270 g/mol. The lowest BCUT2D eigenvalue weighted by atomic mass is 9.82. The van der Waals surface area contributed by atoms with Gasteiger partial charge in [-0.05, 0) is 25.7 Å². The smallest absolute Gasteiger partial charge is 0.156 e. The minimum absolute atomic E-state index is 0.175. The molecule has 0 saturated carbocycles. The van der Waals surface area contributed by atoms with Crippen molar-refractivity contribution in [3.63, 3.8) is 0 Å². The van der Waals surface area contributed by atoms with Gasteiger partial charge < -0.3 is 5.32 Å². The van der Waals surface area contributed by atoms with Crippen LogP contribution >= 0.6 is 11.6 Å². The molecule has 1 rings (SSSR count). The number of halogens is 1. The van der Waals surface area contributed by atoms with Gasteiger partial charge in [-0.25, -0.2) is 9.97 Å². The molecule has 0 bridgehead atoms. The van der Waals surface area contributed by atoms with E-state index in [1.54, 1.807) is 0 Å². The van der Waals surface area contributed by atoms with Gasteiger partial charge in [-0.15, -0.1) is 0 Å². The molecule has 0 radical (unpaired) electrons. The Labute approximate surface area is 113 Å². The van der Waals surface area contributed by atoms with Gasteiger partial charge in [-0.1, -0.05) is 32.4 Å². The van der Waals surface area contributed by atoms with Gasteiger partial charge in [0.1, 0.15) is 17.3 Å². The van der Waals surface area contributed by atoms with Crippen molar-refractivity contribution in [2.24, 2.45) is 5.41 Å². The predicted molar refractivity (Wildman–Crippen MR) is 74.2 cm³/mol.